The fraction of sp³-hybridized carbons (Fsp3) is 0.200. The SMILES string of the molecule is COc1cccc(OC)c1OCC(=O)Nc1ccc2c(C)cc(=O)oc2c1. The number of para-hydroxylation sites is 1. The van der Waals surface area contributed by atoms with Crippen molar-refractivity contribution >= 4 is 22.6 Å². The van der Waals surface area contributed by atoms with Gasteiger partial charge in [0.15, 0.2) is 18.1 Å². The second-order valence-electron chi connectivity index (χ2n) is 5.79. The van der Waals surface area contributed by atoms with Gasteiger partial charge in [-0.15, -0.1) is 0 Å². The Morgan fingerprint density at radius 2 is 1.78 bits per heavy atom. The highest BCUT2D eigenvalue weighted by Gasteiger charge is 2.13. The van der Waals surface area contributed by atoms with Crippen molar-refractivity contribution < 1.29 is 23.4 Å². The highest BCUT2D eigenvalue weighted by molar-refractivity contribution is 5.94. The standard InChI is InChI=1S/C20H19NO6/c1-12-9-19(23)27-17-10-13(7-8-14(12)17)21-18(22)11-26-20-15(24-2)5-4-6-16(20)25-3/h4-10H,11H2,1-3H3,(H,21,22). The van der Waals surface area contributed by atoms with E-state index in [0.717, 1.165) is 10.9 Å². The van der Waals surface area contributed by atoms with Gasteiger partial charge in [-0.3, -0.25) is 4.79 Å². The van der Waals surface area contributed by atoms with Crippen molar-refractivity contribution in [3.63, 3.8) is 0 Å². The molecule has 0 saturated carbocycles. The molecule has 0 atom stereocenters. The summed E-state index contributed by atoms with van der Waals surface area (Å²) >= 11 is 0. The van der Waals surface area contributed by atoms with Gasteiger partial charge in [0.05, 0.1) is 14.2 Å². The van der Waals surface area contributed by atoms with Crippen molar-refractivity contribution in [2.75, 3.05) is 26.1 Å². The van der Waals surface area contributed by atoms with Gasteiger partial charge in [-0.05, 0) is 36.8 Å². The van der Waals surface area contributed by atoms with Crippen LogP contribution in [0.4, 0.5) is 5.69 Å². The minimum Gasteiger partial charge on any atom is -0.493 e. The largest absolute Gasteiger partial charge is 0.493 e. The summed E-state index contributed by atoms with van der Waals surface area (Å²) in [5, 5.41) is 3.52. The molecule has 1 aromatic heterocycles. The molecule has 0 radical (unpaired) electrons. The van der Waals surface area contributed by atoms with Crippen molar-refractivity contribution in [1.82, 2.24) is 0 Å². The molecule has 7 heteroatoms. The van der Waals surface area contributed by atoms with Crippen LogP contribution in [0.5, 0.6) is 17.2 Å². The average Bonchev–Trinajstić information content (AvgIpc) is 2.65. The molecule has 27 heavy (non-hydrogen) atoms. The molecule has 3 aromatic rings. The van der Waals surface area contributed by atoms with Crippen molar-refractivity contribution in [1.29, 1.82) is 0 Å². The van der Waals surface area contributed by atoms with Gasteiger partial charge in [-0.25, -0.2) is 4.79 Å². The quantitative estimate of drug-likeness (QED) is 0.672. The van der Waals surface area contributed by atoms with E-state index in [1.807, 2.05) is 6.92 Å². The van der Waals surface area contributed by atoms with Crippen LogP contribution in [-0.4, -0.2) is 26.7 Å². The van der Waals surface area contributed by atoms with Crippen molar-refractivity contribution in [2.45, 2.75) is 6.92 Å². The zero-order valence-corrected chi connectivity index (χ0v) is 15.2. The number of carbonyl (C=O) groups excluding carboxylic acids is 1. The minimum atomic E-state index is -0.435. The van der Waals surface area contributed by atoms with E-state index >= 15 is 0 Å². The van der Waals surface area contributed by atoms with Crippen LogP contribution in [0, 0.1) is 6.92 Å². The number of hydrogen-bond acceptors (Lipinski definition) is 6. The maximum absolute atomic E-state index is 12.2. The number of benzene rings is 2. The molecule has 0 bridgehead atoms. The van der Waals surface area contributed by atoms with Crippen LogP contribution in [0.3, 0.4) is 0 Å². The molecule has 1 amide bonds. The summed E-state index contributed by atoms with van der Waals surface area (Å²) in [5.74, 6) is 0.894. The number of aryl methyl sites for hydroxylation is 1. The Hall–Kier alpha value is -3.48. The van der Waals surface area contributed by atoms with Crippen LogP contribution in [-0.2, 0) is 4.79 Å². The molecule has 3 rings (SSSR count). The smallest absolute Gasteiger partial charge is 0.336 e. The number of nitrogens with one attached hydrogen (secondary N) is 1. The van der Waals surface area contributed by atoms with E-state index in [-0.39, 0.29) is 12.5 Å². The predicted molar refractivity (Wildman–Crippen MR) is 101 cm³/mol. The summed E-state index contributed by atoms with van der Waals surface area (Å²) in [4.78, 5) is 23.8. The van der Waals surface area contributed by atoms with E-state index in [4.69, 9.17) is 18.6 Å². The molecule has 0 spiro atoms. The number of amides is 1. The van der Waals surface area contributed by atoms with E-state index in [1.54, 1.807) is 36.4 Å². The first-order valence-electron chi connectivity index (χ1n) is 8.20. The van der Waals surface area contributed by atoms with E-state index < -0.39 is 5.63 Å². The average molecular weight is 369 g/mol. The molecule has 0 unspecified atom stereocenters. The third-order valence-corrected chi connectivity index (χ3v) is 3.97. The molecule has 0 aliphatic heterocycles. The lowest BCUT2D eigenvalue weighted by Gasteiger charge is -2.14. The second kappa shape index (κ2) is 7.82. The number of ether oxygens (including phenoxy) is 3. The first kappa shape index (κ1) is 18.3. The fourth-order valence-corrected chi connectivity index (χ4v) is 2.70. The van der Waals surface area contributed by atoms with Crippen molar-refractivity contribution in [3.05, 3.63) is 58.4 Å². The van der Waals surface area contributed by atoms with E-state index in [1.165, 1.54) is 20.3 Å². The number of rotatable bonds is 6. The lowest BCUT2D eigenvalue weighted by atomic mass is 10.1. The van der Waals surface area contributed by atoms with Gasteiger partial charge in [0, 0.05) is 23.2 Å². The zero-order chi connectivity index (χ0) is 19.4. The Bertz CT molecular complexity index is 1020. The van der Waals surface area contributed by atoms with Gasteiger partial charge in [-0.2, -0.15) is 0 Å². The second-order valence-corrected chi connectivity index (χ2v) is 5.79. The lowest BCUT2D eigenvalue weighted by Crippen LogP contribution is -2.20. The molecule has 0 aliphatic carbocycles. The molecule has 2 aromatic carbocycles. The van der Waals surface area contributed by atoms with E-state index in [2.05, 4.69) is 5.32 Å². The summed E-state index contributed by atoms with van der Waals surface area (Å²) in [6, 6.07) is 11.7. The van der Waals surface area contributed by atoms with Crippen molar-refractivity contribution in [2.24, 2.45) is 0 Å². The summed E-state index contributed by atoms with van der Waals surface area (Å²) in [7, 11) is 3.01. The summed E-state index contributed by atoms with van der Waals surface area (Å²) in [6.07, 6.45) is 0. The number of carbonyl (C=O) groups is 1. The molecule has 7 nitrogen and oxygen atoms in total. The number of hydrogen-bond donors (Lipinski definition) is 1. The maximum atomic E-state index is 12.2. The Labute approximate surface area is 155 Å². The Morgan fingerprint density at radius 3 is 2.44 bits per heavy atom. The molecule has 1 heterocycles. The highest BCUT2D eigenvalue weighted by atomic mass is 16.5. The summed E-state index contributed by atoms with van der Waals surface area (Å²) in [6.45, 7) is 1.58. The highest BCUT2D eigenvalue weighted by Crippen LogP contribution is 2.36. The normalized spacial score (nSPS) is 10.5. The van der Waals surface area contributed by atoms with Gasteiger partial charge >= 0.3 is 5.63 Å². The van der Waals surface area contributed by atoms with Crippen LogP contribution in [0.1, 0.15) is 5.56 Å². The summed E-state index contributed by atoms with van der Waals surface area (Å²) in [5.41, 5.74) is 1.28. The van der Waals surface area contributed by atoms with Crippen molar-refractivity contribution in [3.8, 4) is 17.2 Å². The van der Waals surface area contributed by atoms with Gasteiger partial charge in [-0.1, -0.05) is 6.07 Å². The number of fused-ring (bicyclic) bond motifs is 1. The molecular weight excluding hydrogens is 350 g/mol. The van der Waals surface area contributed by atoms with Crippen LogP contribution >= 0.6 is 0 Å². The number of anilines is 1. The molecular formula is C20H19NO6. The van der Waals surface area contributed by atoms with Gasteiger partial charge < -0.3 is 23.9 Å². The number of methoxy groups -OCH3 is 2. The minimum absolute atomic E-state index is 0.244. The first-order valence-corrected chi connectivity index (χ1v) is 8.20. The summed E-state index contributed by atoms with van der Waals surface area (Å²) < 4.78 is 21.2. The lowest BCUT2D eigenvalue weighted by molar-refractivity contribution is -0.118. The van der Waals surface area contributed by atoms with Crippen LogP contribution < -0.4 is 25.2 Å². The van der Waals surface area contributed by atoms with Gasteiger partial charge in [0.25, 0.3) is 5.91 Å². The van der Waals surface area contributed by atoms with Gasteiger partial charge in [0.1, 0.15) is 5.58 Å². The zero-order valence-electron chi connectivity index (χ0n) is 15.2. The molecule has 140 valence electrons. The molecule has 0 aliphatic rings. The Balaban J connectivity index is 1.73. The topological polar surface area (TPSA) is 87.0 Å². The monoisotopic (exact) mass is 369 g/mol. The fourth-order valence-electron chi connectivity index (χ4n) is 2.70. The van der Waals surface area contributed by atoms with Crippen LogP contribution in [0.15, 0.2) is 51.7 Å². The van der Waals surface area contributed by atoms with E-state index in [0.29, 0.717) is 28.5 Å². The first-order chi connectivity index (χ1) is 13.0. The van der Waals surface area contributed by atoms with Crippen LogP contribution in [0.2, 0.25) is 0 Å². The van der Waals surface area contributed by atoms with Crippen LogP contribution in [0.25, 0.3) is 11.0 Å². The molecule has 1 N–H and O–H groups in total. The molecule has 0 saturated heterocycles. The predicted octanol–water partition coefficient (Wildman–Crippen LogP) is 3.14. The maximum Gasteiger partial charge on any atom is 0.336 e. The Kier molecular flexibility index (Phi) is 5.30. The third-order valence-electron chi connectivity index (χ3n) is 3.97. The van der Waals surface area contributed by atoms with E-state index in [9.17, 15) is 9.59 Å². The Morgan fingerprint density at radius 1 is 1.07 bits per heavy atom. The third kappa shape index (κ3) is 4.03. The van der Waals surface area contributed by atoms with Gasteiger partial charge in [0.2, 0.25) is 5.75 Å². The molecule has 0 fully saturated rings.